The van der Waals surface area contributed by atoms with E-state index in [4.69, 9.17) is 0 Å². The van der Waals surface area contributed by atoms with Gasteiger partial charge in [0.2, 0.25) is 0 Å². The molecule has 15 heavy (non-hydrogen) atoms. The third-order valence-corrected chi connectivity index (χ3v) is 3.34. The standard InChI is InChI=1S/C12H23N3/c1-11(9-13-2)10-14-5-7-15(8-6-14)12-3-4-12/h12-13H,1,3-10H2,2H3. The van der Waals surface area contributed by atoms with Crippen LogP contribution in [0.5, 0.6) is 0 Å². The van der Waals surface area contributed by atoms with E-state index in [0.29, 0.717) is 0 Å². The summed E-state index contributed by atoms with van der Waals surface area (Å²) in [5.41, 5.74) is 1.30. The molecule has 0 aromatic carbocycles. The van der Waals surface area contributed by atoms with Gasteiger partial charge in [-0.25, -0.2) is 0 Å². The smallest absolute Gasteiger partial charge is 0.0203 e. The van der Waals surface area contributed by atoms with Crippen LogP contribution in [0.1, 0.15) is 12.8 Å². The first kappa shape index (κ1) is 11.1. The van der Waals surface area contributed by atoms with Crippen LogP contribution in [0.4, 0.5) is 0 Å². The average molecular weight is 209 g/mol. The van der Waals surface area contributed by atoms with Gasteiger partial charge in [0.05, 0.1) is 0 Å². The minimum atomic E-state index is 0.938. The van der Waals surface area contributed by atoms with Crippen LogP contribution in [0.2, 0.25) is 0 Å². The molecule has 1 saturated heterocycles. The molecule has 1 N–H and O–H groups in total. The highest BCUT2D eigenvalue weighted by Gasteiger charge is 2.30. The molecule has 0 atom stereocenters. The van der Waals surface area contributed by atoms with Crippen molar-refractivity contribution < 1.29 is 0 Å². The maximum Gasteiger partial charge on any atom is 0.0203 e. The third kappa shape index (κ3) is 3.30. The fraction of sp³-hybridized carbons (Fsp3) is 0.833. The first-order valence-corrected chi connectivity index (χ1v) is 6.07. The zero-order valence-corrected chi connectivity index (χ0v) is 9.84. The molecule has 2 aliphatic rings. The van der Waals surface area contributed by atoms with Gasteiger partial charge in [0.15, 0.2) is 0 Å². The summed E-state index contributed by atoms with van der Waals surface area (Å²) in [5, 5.41) is 3.16. The molecule has 0 spiro atoms. The SMILES string of the molecule is C=C(CNC)CN1CCN(C2CC2)CC1. The van der Waals surface area contributed by atoms with Crippen LogP contribution in [-0.4, -0.2) is 62.2 Å². The van der Waals surface area contributed by atoms with Gasteiger partial charge in [0.25, 0.3) is 0 Å². The Balaban J connectivity index is 1.66. The number of piperazine rings is 1. The first-order chi connectivity index (χ1) is 7.29. The van der Waals surface area contributed by atoms with E-state index in [-0.39, 0.29) is 0 Å². The average Bonchev–Trinajstić information content (AvgIpc) is 3.03. The highest BCUT2D eigenvalue weighted by atomic mass is 15.3. The summed E-state index contributed by atoms with van der Waals surface area (Å²) >= 11 is 0. The van der Waals surface area contributed by atoms with E-state index in [1.54, 1.807) is 0 Å². The topological polar surface area (TPSA) is 18.5 Å². The van der Waals surface area contributed by atoms with Crippen LogP contribution in [0.3, 0.4) is 0 Å². The fourth-order valence-electron chi connectivity index (χ4n) is 2.35. The lowest BCUT2D eigenvalue weighted by molar-refractivity contribution is 0.134. The van der Waals surface area contributed by atoms with E-state index in [0.717, 1.165) is 19.1 Å². The van der Waals surface area contributed by atoms with Gasteiger partial charge in [0, 0.05) is 45.3 Å². The number of likely N-dealkylation sites (N-methyl/N-ethyl adjacent to an activating group) is 1. The molecule has 1 heterocycles. The summed E-state index contributed by atoms with van der Waals surface area (Å²) in [6.45, 7) is 11.1. The Bertz CT molecular complexity index is 215. The van der Waals surface area contributed by atoms with Gasteiger partial charge in [0.1, 0.15) is 0 Å². The molecule has 0 amide bonds. The Morgan fingerprint density at radius 3 is 2.47 bits per heavy atom. The second kappa shape index (κ2) is 5.10. The van der Waals surface area contributed by atoms with E-state index >= 15 is 0 Å². The van der Waals surface area contributed by atoms with Crippen molar-refractivity contribution in [3.63, 3.8) is 0 Å². The van der Waals surface area contributed by atoms with Crippen LogP contribution in [0, 0.1) is 0 Å². The quantitative estimate of drug-likeness (QED) is 0.667. The molecule has 1 saturated carbocycles. The maximum absolute atomic E-state index is 4.09. The number of hydrogen-bond donors (Lipinski definition) is 1. The first-order valence-electron chi connectivity index (χ1n) is 6.07. The molecule has 0 aromatic heterocycles. The van der Waals surface area contributed by atoms with E-state index in [9.17, 15) is 0 Å². The second-order valence-corrected chi connectivity index (χ2v) is 4.82. The maximum atomic E-state index is 4.09. The van der Waals surface area contributed by atoms with Crippen molar-refractivity contribution in [2.45, 2.75) is 18.9 Å². The Labute approximate surface area is 93.1 Å². The van der Waals surface area contributed by atoms with Gasteiger partial charge in [-0.1, -0.05) is 6.58 Å². The van der Waals surface area contributed by atoms with Crippen LogP contribution in [0.15, 0.2) is 12.2 Å². The Kier molecular flexibility index (Phi) is 3.78. The van der Waals surface area contributed by atoms with Gasteiger partial charge in [-0.15, -0.1) is 0 Å². The van der Waals surface area contributed by atoms with Gasteiger partial charge in [-0.2, -0.15) is 0 Å². The van der Waals surface area contributed by atoms with Crippen molar-refractivity contribution in [2.75, 3.05) is 46.3 Å². The van der Waals surface area contributed by atoms with E-state index in [1.807, 2.05) is 7.05 Å². The van der Waals surface area contributed by atoms with Crippen molar-refractivity contribution in [1.82, 2.24) is 15.1 Å². The van der Waals surface area contributed by atoms with Crippen LogP contribution in [0.25, 0.3) is 0 Å². The van der Waals surface area contributed by atoms with Crippen LogP contribution < -0.4 is 5.32 Å². The Morgan fingerprint density at radius 1 is 1.27 bits per heavy atom. The molecule has 86 valence electrons. The van der Waals surface area contributed by atoms with Crippen molar-refractivity contribution in [3.8, 4) is 0 Å². The predicted octanol–water partition coefficient (Wildman–Crippen LogP) is 0.542. The van der Waals surface area contributed by atoms with Gasteiger partial charge in [-0.3, -0.25) is 9.80 Å². The summed E-state index contributed by atoms with van der Waals surface area (Å²) in [5.74, 6) is 0. The third-order valence-electron chi connectivity index (χ3n) is 3.34. The molecule has 0 aromatic rings. The molecule has 0 radical (unpaired) electrons. The summed E-state index contributed by atoms with van der Waals surface area (Å²) in [6, 6.07) is 0.938. The summed E-state index contributed by atoms with van der Waals surface area (Å²) in [6.07, 6.45) is 2.87. The Morgan fingerprint density at radius 2 is 1.93 bits per heavy atom. The highest BCUT2D eigenvalue weighted by Crippen LogP contribution is 2.27. The predicted molar refractivity (Wildman–Crippen MR) is 64.1 cm³/mol. The highest BCUT2D eigenvalue weighted by molar-refractivity contribution is 5.00. The molecule has 0 bridgehead atoms. The minimum Gasteiger partial charge on any atom is -0.316 e. The summed E-state index contributed by atoms with van der Waals surface area (Å²) in [7, 11) is 1.98. The number of nitrogens with one attached hydrogen (secondary N) is 1. The second-order valence-electron chi connectivity index (χ2n) is 4.82. The van der Waals surface area contributed by atoms with Gasteiger partial charge < -0.3 is 5.32 Å². The lowest BCUT2D eigenvalue weighted by Gasteiger charge is -2.35. The monoisotopic (exact) mass is 209 g/mol. The number of nitrogens with zero attached hydrogens (tertiary/aromatic N) is 2. The van der Waals surface area contributed by atoms with Crippen LogP contribution >= 0.6 is 0 Å². The molecule has 0 unspecified atom stereocenters. The molecule has 2 rings (SSSR count). The van der Waals surface area contributed by atoms with Gasteiger partial charge >= 0.3 is 0 Å². The molecule has 3 nitrogen and oxygen atoms in total. The normalized spacial score (nSPS) is 24.3. The lowest BCUT2D eigenvalue weighted by atomic mass is 10.2. The van der Waals surface area contributed by atoms with E-state index in [1.165, 1.54) is 44.6 Å². The Hall–Kier alpha value is -0.380. The van der Waals surface area contributed by atoms with Crippen molar-refractivity contribution in [3.05, 3.63) is 12.2 Å². The molecule has 3 heteroatoms. The lowest BCUT2D eigenvalue weighted by Crippen LogP contribution is -2.47. The zero-order valence-electron chi connectivity index (χ0n) is 9.84. The summed E-state index contributed by atoms with van der Waals surface area (Å²) < 4.78 is 0. The van der Waals surface area contributed by atoms with E-state index in [2.05, 4.69) is 21.7 Å². The fourth-order valence-corrected chi connectivity index (χ4v) is 2.35. The number of hydrogen-bond acceptors (Lipinski definition) is 3. The zero-order chi connectivity index (χ0) is 10.7. The number of rotatable bonds is 5. The molecular weight excluding hydrogens is 186 g/mol. The van der Waals surface area contributed by atoms with Gasteiger partial charge in [-0.05, 0) is 25.5 Å². The largest absolute Gasteiger partial charge is 0.316 e. The molecular formula is C12H23N3. The van der Waals surface area contributed by atoms with E-state index < -0.39 is 0 Å². The minimum absolute atomic E-state index is 0.938. The molecule has 2 fully saturated rings. The molecule has 1 aliphatic heterocycles. The van der Waals surface area contributed by atoms with Crippen molar-refractivity contribution in [2.24, 2.45) is 0 Å². The van der Waals surface area contributed by atoms with Crippen molar-refractivity contribution >= 4 is 0 Å². The van der Waals surface area contributed by atoms with Crippen molar-refractivity contribution in [1.29, 1.82) is 0 Å². The summed E-state index contributed by atoms with van der Waals surface area (Å²) in [4.78, 5) is 5.18. The molecule has 1 aliphatic carbocycles. The van der Waals surface area contributed by atoms with Crippen LogP contribution in [-0.2, 0) is 0 Å².